The predicted octanol–water partition coefficient (Wildman–Crippen LogP) is 1.67. The van der Waals surface area contributed by atoms with Gasteiger partial charge in [-0.05, 0) is 6.42 Å². The molecule has 0 amide bonds. The van der Waals surface area contributed by atoms with E-state index in [0.717, 1.165) is 18.2 Å². The number of nitrogens with zero attached hydrogens (tertiary/aromatic N) is 4. The lowest BCUT2D eigenvalue weighted by molar-refractivity contribution is -0.133. The molecule has 2 aromatic rings. The highest BCUT2D eigenvalue weighted by Gasteiger charge is 2.18. The van der Waals surface area contributed by atoms with Gasteiger partial charge in [0.1, 0.15) is 6.61 Å². The van der Waals surface area contributed by atoms with Crippen molar-refractivity contribution >= 4 is 17.7 Å². The Morgan fingerprint density at radius 2 is 2.33 bits per heavy atom. The average Bonchev–Trinajstić information content (AvgIpc) is 3.04. The number of ether oxygens (including phenoxy) is 1. The minimum absolute atomic E-state index is 0.0599. The number of carbonyl (C=O) groups is 1. The monoisotopic (exact) mass is 312 g/mol. The van der Waals surface area contributed by atoms with Gasteiger partial charge >= 0.3 is 5.97 Å². The molecule has 0 radical (unpaired) electrons. The number of aromatic nitrogens is 4. The third-order valence-corrected chi connectivity index (χ3v) is 3.51. The lowest BCUT2D eigenvalue weighted by Crippen LogP contribution is -2.04. The number of rotatable bonds is 8. The van der Waals surface area contributed by atoms with Crippen LogP contribution in [0.1, 0.15) is 19.1 Å². The van der Waals surface area contributed by atoms with E-state index < -0.39 is 5.97 Å². The van der Waals surface area contributed by atoms with Crippen LogP contribution in [-0.4, -0.2) is 43.9 Å². The van der Waals surface area contributed by atoms with Crippen LogP contribution in [0, 0.1) is 0 Å². The Labute approximate surface area is 125 Å². The molecule has 0 bridgehead atoms. The molecule has 2 heterocycles. The van der Waals surface area contributed by atoms with Crippen molar-refractivity contribution < 1.29 is 19.2 Å². The largest absolute Gasteiger partial charge is 0.481 e. The van der Waals surface area contributed by atoms with Crippen LogP contribution >= 0.6 is 11.8 Å². The Hall–Kier alpha value is -1.87. The molecule has 9 heteroatoms. The Balaban J connectivity index is 2.26. The van der Waals surface area contributed by atoms with Crippen molar-refractivity contribution in [2.75, 3.05) is 12.9 Å². The van der Waals surface area contributed by atoms with E-state index in [2.05, 4.69) is 15.4 Å². The summed E-state index contributed by atoms with van der Waals surface area (Å²) in [6.07, 6.45) is 0.869. The molecule has 2 aromatic heterocycles. The van der Waals surface area contributed by atoms with Crippen LogP contribution < -0.4 is 0 Å². The first kappa shape index (κ1) is 15.5. The molecule has 21 heavy (non-hydrogen) atoms. The van der Waals surface area contributed by atoms with Crippen molar-refractivity contribution in [3.05, 3.63) is 11.8 Å². The minimum atomic E-state index is -0.892. The van der Waals surface area contributed by atoms with Crippen LogP contribution in [0.2, 0.25) is 0 Å². The van der Waals surface area contributed by atoms with E-state index in [-0.39, 0.29) is 5.75 Å². The summed E-state index contributed by atoms with van der Waals surface area (Å²) in [6, 6.07) is 1.74. The van der Waals surface area contributed by atoms with E-state index in [1.165, 1.54) is 0 Å². The van der Waals surface area contributed by atoms with Gasteiger partial charge in [-0.1, -0.05) is 23.8 Å². The third kappa shape index (κ3) is 3.82. The first-order valence-electron chi connectivity index (χ1n) is 6.38. The summed E-state index contributed by atoms with van der Waals surface area (Å²) >= 11 is 1.13. The highest BCUT2D eigenvalue weighted by atomic mass is 32.2. The summed E-state index contributed by atoms with van der Waals surface area (Å²) in [7, 11) is 1.57. The molecule has 114 valence electrons. The maximum absolute atomic E-state index is 10.7. The number of carboxylic acid groups (broad SMARTS) is 1. The fourth-order valence-electron chi connectivity index (χ4n) is 1.77. The second-order valence-electron chi connectivity index (χ2n) is 4.25. The van der Waals surface area contributed by atoms with Crippen molar-refractivity contribution in [2.45, 2.75) is 31.7 Å². The predicted molar refractivity (Wildman–Crippen MR) is 74.9 cm³/mol. The average molecular weight is 312 g/mol. The number of methoxy groups -OCH3 is 1. The molecule has 0 atom stereocenters. The second-order valence-corrected chi connectivity index (χ2v) is 5.19. The van der Waals surface area contributed by atoms with E-state index in [1.807, 2.05) is 11.5 Å². The second kappa shape index (κ2) is 7.23. The lowest BCUT2D eigenvalue weighted by Gasteiger charge is -2.05. The molecule has 1 N–H and O–H groups in total. The molecule has 0 saturated carbocycles. The van der Waals surface area contributed by atoms with Gasteiger partial charge in [-0.15, -0.1) is 10.2 Å². The van der Waals surface area contributed by atoms with Gasteiger partial charge in [-0.25, -0.2) is 0 Å². The Morgan fingerprint density at radius 1 is 1.52 bits per heavy atom. The van der Waals surface area contributed by atoms with Gasteiger partial charge in [0.05, 0.1) is 5.75 Å². The quantitative estimate of drug-likeness (QED) is 0.734. The molecule has 8 nitrogen and oxygen atoms in total. The molecule has 0 aromatic carbocycles. The summed E-state index contributed by atoms with van der Waals surface area (Å²) < 4.78 is 12.0. The van der Waals surface area contributed by atoms with Gasteiger partial charge in [0, 0.05) is 19.7 Å². The normalized spacial score (nSPS) is 11.0. The summed E-state index contributed by atoms with van der Waals surface area (Å²) in [6.45, 7) is 3.03. The van der Waals surface area contributed by atoms with Crippen LogP contribution in [0.3, 0.4) is 0 Å². The molecule has 0 aliphatic carbocycles. The van der Waals surface area contributed by atoms with Crippen LogP contribution in [0.5, 0.6) is 0 Å². The highest BCUT2D eigenvalue weighted by Crippen LogP contribution is 2.24. The molecule has 0 spiro atoms. The number of hydrogen-bond acceptors (Lipinski definition) is 7. The van der Waals surface area contributed by atoms with Crippen LogP contribution in [0.25, 0.3) is 11.5 Å². The topological polar surface area (TPSA) is 103 Å². The molecular formula is C12H16N4O4S. The van der Waals surface area contributed by atoms with Crippen molar-refractivity contribution in [3.8, 4) is 11.5 Å². The number of carboxylic acids is 1. The first-order valence-corrected chi connectivity index (χ1v) is 7.37. The summed E-state index contributed by atoms with van der Waals surface area (Å²) in [5.74, 6) is 0.209. The Morgan fingerprint density at radius 3 is 3.00 bits per heavy atom. The van der Waals surface area contributed by atoms with Crippen LogP contribution in [0.4, 0.5) is 0 Å². The minimum Gasteiger partial charge on any atom is -0.481 e. The van der Waals surface area contributed by atoms with Crippen LogP contribution in [0.15, 0.2) is 15.7 Å². The van der Waals surface area contributed by atoms with Crippen molar-refractivity contribution in [3.63, 3.8) is 0 Å². The number of hydrogen-bond donors (Lipinski definition) is 1. The summed E-state index contributed by atoms with van der Waals surface area (Å²) in [5.41, 5.74) is 0.560. The first-order chi connectivity index (χ1) is 10.2. The summed E-state index contributed by atoms with van der Waals surface area (Å²) in [5, 5.41) is 21.4. The zero-order valence-electron chi connectivity index (χ0n) is 11.8. The standard InChI is InChI=1S/C12H16N4O4S/c1-3-4-16-11(9-5-8(6-19-2)20-15-9)13-14-12(16)21-7-10(17)18/h5H,3-4,6-7H2,1-2H3,(H,17,18). The highest BCUT2D eigenvalue weighted by molar-refractivity contribution is 7.99. The fourth-order valence-corrected chi connectivity index (χ4v) is 2.45. The lowest BCUT2D eigenvalue weighted by atomic mass is 10.3. The van der Waals surface area contributed by atoms with E-state index in [4.69, 9.17) is 14.4 Å². The summed E-state index contributed by atoms with van der Waals surface area (Å²) in [4.78, 5) is 10.7. The van der Waals surface area contributed by atoms with Crippen molar-refractivity contribution in [2.24, 2.45) is 0 Å². The number of thioether (sulfide) groups is 1. The van der Waals surface area contributed by atoms with E-state index in [1.54, 1.807) is 13.2 Å². The van der Waals surface area contributed by atoms with Crippen molar-refractivity contribution in [1.82, 2.24) is 19.9 Å². The smallest absolute Gasteiger partial charge is 0.313 e. The molecular weight excluding hydrogens is 296 g/mol. The molecule has 0 aliphatic rings. The SMILES string of the molecule is CCCn1c(SCC(=O)O)nnc1-c1cc(COC)on1. The molecule has 0 unspecified atom stereocenters. The van der Waals surface area contributed by atoms with Gasteiger partial charge in [-0.3, -0.25) is 4.79 Å². The molecule has 0 aliphatic heterocycles. The molecule has 0 saturated heterocycles. The Bertz CT molecular complexity index is 610. The fraction of sp³-hybridized carbons (Fsp3) is 0.500. The van der Waals surface area contributed by atoms with Gasteiger partial charge in [0.2, 0.25) is 0 Å². The third-order valence-electron chi connectivity index (χ3n) is 2.56. The van der Waals surface area contributed by atoms with E-state index in [9.17, 15) is 4.79 Å². The maximum Gasteiger partial charge on any atom is 0.313 e. The van der Waals surface area contributed by atoms with Crippen molar-refractivity contribution in [1.29, 1.82) is 0 Å². The maximum atomic E-state index is 10.7. The van der Waals surface area contributed by atoms with Gasteiger partial charge in [0.25, 0.3) is 0 Å². The Kier molecular flexibility index (Phi) is 5.34. The van der Waals surface area contributed by atoms with Gasteiger partial charge < -0.3 is 18.9 Å². The van der Waals surface area contributed by atoms with E-state index in [0.29, 0.717) is 35.6 Å². The van der Waals surface area contributed by atoms with Crippen LogP contribution in [-0.2, 0) is 22.7 Å². The molecule has 2 rings (SSSR count). The van der Waals surface area contributed by atoms with E-state index >= 15 is 0 Å². The van der Waals surface area contributed by atoms with Gasteiger partial charge in [0.15, 0.2) is 22.4 Å². The zero-order chi connectivity index (χ0) is 15.2. The molecule has 0 fully saturated rings. The number of aliphatic carboxylic acids is 1. The zero-order valence-corrected chi connectivity index (χ0v) is 12.6. The van der Waals surface area contributed by atoms with Gasteiger partial charge in [-0.2, -0.15) is 0 Å².